The Bertz CT molecular complexity index is 605. The van der Waals surface area contributed by atoms with E-state index in [-0.39, 0.29) is 5.78 Å². The molecule has 1 heterocycles. The fourth-order valence-electron chi connectivity index (χ4n) is 1.68. The number of methoxy groups -OCH3 is 1. The highest BCUT2D eigenvalue weighted by molar-refractivity contribution is 6.32. The molecular formula is C13H13ClN2O2. The van der Waals surface area contributed by atoms with Crippen LogP contribution in [0.4, 0.5) is 0 Å². The fraction of sp³-hybridized carbons (Fsp3) is 0.231. The molecule has 0 atom stereocenters. The second kappa shape index (κ2) is 4.82. The summed E-state index contributed by atoms with van der Waals surface area (Å²) in [7, 11) is 3.32. The topological polar surface area (TPSA) is 44.1 Å². The maximum absolute atomic E-state index is 12.3. The average Bonchev–Trinajstić information content (AvgIpc) is 2.70. The summed E-state index contributed by atoms with van der Waals surface area (Å²) in [4.78, 5) is 12.3. The number of aryl methyl sites for hydroxylation is 1. The number of carbonyl (C=O) groups is 1. The Kier molecular flexibility index (Phi) is 3.39. The third kappa shape index (κ3) is 2.11. The largest absolute Gasteiger partial charge is 0.495 e. The molecule has 0 saturated heterocycles. The summed E-state index contributed by atoms with van der Waals surface area (Å²) in [5.41, 5.74) is 1.95. The molecule has 18 heavy (non-hydrogen) atoms. The van der Waals surface area contributed by atoms with Crippen LogP contribution < -0.4 is 4.74 Å². The van der Waals surface area contributed by atoms with Crippen molar-refractivity contribution >= 4 is 17.4 Å². The van der Waals surface area contributed by atoms with Crippen LogP contribution in [0.5, 0.6) is 5.75 Å². The molecule has 4 nitrogen and oxygen atoms in total. The Balaban J connectivity index is 2.43. The third-order valence-corrected chi connectivity index (χ3v) is 3.21. The van der Waals surface area contributed by atoms with Crippen LogP contribution in [0.15, 0.2) is 24.4 Å². The minimum absolute atomic E-state index is 0.0874. The smallest absolute Gasteiger partial charge is 0.196 e. The highest BCUT2D eigenvalue weighted by Crippen LogP contribution is 2.26. The van der Waals surface area contributed by atoms with Crippen molar-refractivity contribution in [1.82, 2.24) is 9.78 Å². The molecule has 0 spiro atoms. The van der Waals surface area contributed by atoms with Gasteiger partial charge in [0.1, 0.15) is 5.75 Å². The lowest BCUT2D eigenvalue weighted by Gasteiger charge is -2.05. The number of rotatable bonds is 3. The second-order valence-corrected chi connectivity index (χ2v) is 4.35. The lowest BCUT2D eigenvalue weighted by atomic mass is 10.0. The molecule has 0 saturated carbocycles. The van der Waals surface area contributed by atoms with Gasteiger partial charge in [0.25, 0.3) is 0 Å². The van der Waals surface area contributed by atoms with Crippen molar-refractivity contribution in [1.29, 1.82) is 0 Å². The minimum Gasteiger partial charge on any atom is -0.495 e. The SMILES string of the molecule is COc1cc(C(=O)c2cnn(C)c2C)ccc1Cl. The normalized spacial score (nSPS) is 10.4. The van der Waals surface area contributed by atoms with Gasteiger partial charge in [0.05, 0.1) is 23.9 Å². The number of hydrogen-bond donors (Lipinski definition) is 0. The molecular weight excluding hydrogens is 252 g/mol. The van der Waals surface area contributed by atoms with E-state index in [0.29, 0.717) is 21.9 Å². The van der Waals surface area contributed by atoms with Crippen LogP contribution in [0.2, 0.25) is 5.02 Å². The summed E-state index contributed by atoms with van der Waals surface area (Å²) >= 11 is 5.93. The maximum atomic E-state index is 12.3. The van der Waals surface area contributed by atoms with E-state index in [1.54, 1.807) is 36.1 Å². The molecule has 0 aliphatic heterocycles. The van der Waals surface area contributed by atoms with Crippen LogP contribution in [0.3, 0.4) is 0 Å². The molecule has 0 amide bonds. The molecule has 2 aromatic rings. The molecule has 5 heteroatoms. The van der Waals surface area contributed by atoms with Gasteiger partial charge in [-0.05, 0) is 25.1 Å². The van der Waals surface area contributed by atoms with Gasteiger partial charge < -0.3 is 4.74 Å². The first kappa shape index (κ1) is 12.6. The van der Waals surface area contributed by atoms with Crippen molar-refractivity contribution in [3.05, 3.63) is 46.2 Å². The van der Waals surface area contributed by atoms with Crippen molar-refractivity contribution in [2.45, 2.75) is 6.92 Å². The summed E-state index contributed by atoms with van der Waals surface area (Å²) in [6.45, 7) is 1.85. The van der Waals surface area contributed by atoms with E-state index in [1.165, 1.54) is 7.11 Å². The first-order valence-corrected chi connectivity index (χ1v) is 5.79. The highest BCUT2D eigenvalue weighted by Gasteiger charge is 2.16. The molecule has 0 bridgehead atoms. The van der Waals surface area contributed by atoms with Gasteiger partial charge in [0.2, 0.25) is 0 Å². The van der Waals surface area contributed by atoms with Crippen LogP contribution in [-0.2, 0) is 7.05 Å². The zero-order chi connectivity index (χ0) is 13.3. The van der Waals surface area contributed by atoms with Crippen molar-refractivity contribution in [3.8, 4) is 5.75 Å². The predicted molar refractivity (Wildman–Crippen MR) is 69.4 cm³/mol. The monoisotopic (exact) mass is 264 g/mol. The number of carbonyl (C=O) groups excluding carboxylic acids is 1. The molecule has 0 N–H and O–H groups in total. The Labute approximate surface area is 110 Å². The molecule has 94 valence electrons. The highest BCUT2D eigenvalue weighted by atomic mass is 35.5. The number of hydrogen-bond acceptors (Lipinski definition) is 3. The summed E-state index contributed by atoms with van der Waals surface area (Å²) in [6, 6.07) is 4.97. The number of ketones is 1. The number of ether oxygens (including phenoxy) is 1. The molecule has 0 fully saturated rings. The number of benzene rings is 1. The predicted octanol–water partition coefficient (Wildman–Crippen LogP) is 2.62. The number of nitrogens with zero attached hydrogens (tertiary/aromatic N) is 2. The first-order valence-electron chi connectivity index (χ1n) is 5.41. The van der Waals surface area contributed by atoms with Crippen molar-refractivity contribution in [2.75, 3.05) is 7.11 Å². The lowest BCUT2D eigenvalue weighted by molar-refractivity contribution is 0.103. The van der Waals surface area contributed by atoms with E-state index in [1.807, 2.05) is 6.92 Å². The summed E-state index contributed by atoms with van der Waals surface area (Å²) in [5.74, 6) is 0.402. The van der Waals surface area contributed by atoms with Gasteiger partial charge in [0, 0.05) is 18.3 Å². The Morgan fingerprint density at radius 2 is 2.17 bits per heavy atom. The minimum atomic E-state index is -0.0874. The molecule has 1 aromatic heterocycles. The Morgan fingerprint density at radius 1 is 1.44 bits per heavy atom. The molecule has 1 aromatic carbocycles. The standard InChI is InChI=1S/C13H13ClN2O2/c1-8-10(7-15-16(8)2)13(17)9-4-5-11(14)12(6-9)18-3/h4-7H,1-3H3. The van der Waals surface area contributed by atoms with Crippen LogP contribution in [0.1, 0.15) is 21.6 Å². The average molecular weight is 265 g/mol. The van der Waals surface area contributed by atoms with E-state index in [4.69, 9.17) is 16.3 Å². The third-order valence-electron chi connectivity index (χ3n) is 2.89. The first-order chi connectivity index (χ1) is 8.54. The summed E-state index contributed by atoms with van der Waals surface area (Å²) in [6.07, 6.45) is 1.57. The fourth-order valence-corrected chi connectivity index (χ4v) is 1.87. The second-order valence-electron chi connectivity index (χ2n) is 3.95. The lowest BCUT2D eigenvalue weighted by Crippen LogP contribution is -2.04. The van der Waals surface area contributed by atoms with Crippen LogP contribution in [0.25, 0.3) is 0 Å². The summed E-state index contributed by atoms with van der Waals surface area (Å²) < 4.78 is 6.77. The van der Waals surface area contributed by atoms with Crippen LogP contribution in [-0.4, -0.2) is 22.7 Å². The van der Waals surface area contributed by atoms with E-state index >= 15 is 0 Å². The molecule has 0 radical (unpaired) electrons. The van der Waals surface area contributed by atoms with Gasteiger partial charge in [-0.2, -0.15) is 5.10 Å². The Morgan fingerprint density at radius 3 is 2.72 bits per heavy atom. The van der Waals surface area contributed by atoms with Crippen molar-refractivity contribution in [2.24, 2.45) is 7.05 Å². The molecule has 0 unspecified atom stereocenters. The van der Waals surface area contributed by atoms with Gasteiger partial charge in [-0.15, -0.1) is 0 Å². The van der Waals surface area contributed by atoms with E-state index in [2.05, 4.69) is 5.10 Å². The zero-order valence-electron chi connectivity index (χ0n) is 10.4. The van der Waals surface area contributed by atoms with Crippen molar-refractivity contribution < 1.29 is 9.53 Å². The van der Waals surface area contributed by atoms with E-state index in [0.717, 1.165) is 5.69 Å². The summed E-state index contributed by atoms with van der Waals surface area (Å²) in [5, 5.41) is 4.54. The molecule has 0 aliphatic carbocycles. The van der Waals surface area contributed by atoms with Crippen molar-refractivity contribution in [3.63, 3.8) is 0 Å². The van der Waals surface area contributed by atoms with Gasteiger partial charge in [0.15, 0.2) is 5.78 Å². The molecule has 2 rings (SSSR count). The van der Waals surface area contributed by atoms with Gasteiger partial charge >= 0.3 is 0 Å². The van der Waals surface area contributed by atoms with E-state index < -0.39 is 0 Å². The number of aromatic nitrogens is 2. The number of halogens is 1. The van der Waals surface area contributed by atoms with Gasteiger partial charge in [-0.3, -0.25) is 9.48 Å². The quantitative estimate of drug-likeness (QED) is 0.801. The van der Waals surface area contributed by atoms with Crippen LogP contribution >= 0.6 is 11.6 Å². The maximum Gasteiger partial charge on any atom is 0.196 e. The Hall–Kier alpha value is -1.81. The molecule has 0 aliphatic rings. The van der Waals surface area contributed by atoms with Gasteiger partial charge in [-0.1, -0.05) is 11.6 Å². The van der Waals surface area contributed by atoms with Gasteiger partial charge in [-0.25, -0.2) is 0 Å². The van der Waals surface area contributed by atoms with E-state index in [9.17, 15) is 4.79 Å². The van der Waals surface area contributed by atoms with Crippen LogP contribution in [0, 0.1) is 6.92 Å². The zero-order valence-corrected chi connectivity index (χ0v) is 11.2.